The monoisotopic (exact) mass is 363 g/mol. The molecule has 2 rings (SSSR count). The molecule has 0 aromatic heterocycles. The number of hydrogen-bond acceptors (Lipinski definition) is 4. The number of ether oxygens (including phenoxy) is 1. The first kappa shape index (κ1) is 20.1. The smallest absolute Gasteiger partial charge is 0.267 e. The predicted octanol–water partition coefficient (Wildman–Crippen LogP) is 4.00. The van der Waals surface area contributed by atoms with E-state index in [1.165, 1.54) is 6.20 Å². The van der Waals surface area contributed by atoms with Gasteiger partial charge in [0, 0.05) is 18.4 Å². The van der Waals surface area contributed by atoms with Crippen molar-refractivity contribution in [3.8, 4) is 11.8 Å². The zero-order valence-electron chi connectivity index (χ0n) is 16.0. The van der Waals surface area contributed by atoms with Gasteiger partial charge in [0.05, 0.1) is 7.11 Å². The van der Waals surface area contributed by atoms with E-state index in [4.69, 9.17) is 4.74 Å². The molecular formula is C22H25N3O2. The lowest BCUT2D eigenvalue weighted by Gasteiger charge is -2.13. The van der Waals surface area contributed by atoms with Crippen LogP contribution in [0.25, 0.3) is 0 Å². The predicted molar refractivity (Wildman–Crippen MR) is 108 cm³/mol. The topological polar surface area (TPSA) is 74.1 Å². The Morgan fingerprint density at radius 2 is 1.89 bits per heavy atom. The molecule has 0 bridgehead atoms. The van der Waals surface area contributed by atoms with Crippen LogP contribution >= 0.6 is 0 Å². The Kier molecular flexibility index (Phi) is 7.45. The van der Waals surface area contributed by atoms with E-state index in [1.807, 2.05) is 54.6 Å². The number of nitrogens with one attached hydrogen (secondary N) is 2. The van der Waals surface area contributed by atoms with Crippen LogP contribution in [0.15, 0.2) is 60.3 Å². The van der Waals surface area contributed by atoms with Gasteiger partial charge in [0.15, 0.2) is 0 Å². The summed E-state index contributed by atoms with van der Waals surface area (Å²) in [7, 11) is 1.63. The third-order valence-electron chi connectivity index (χ3n) is 4.16. The number of carbonyl (C=O) groups is 1. The highest BCUT2D eigenvalue weighted by Crippen LogP contribution is 2.24. The van der Waals surface area contributed by atoms with Gasteiger partial charge in [0.2, 0.25) is 0 Å². The summed E-state index contributed by atoms with van der Waals surface area (Å²) >= 11 is 0. The molecule has 0 atom stereocenters. The van der Waals surface area contributed by atoms with E-state index in [2.05, 4.69) is 24.5 Å². The number of anilines is 1. The van der Waals surface area contributed by atoms with Crippen LogP contribution in [0.2, 0.25) is 0 Å². The number of nitrogens with zero attached hydrogens (tertiary/aromatic N) is 1. The zero-order valence-corrected chi connectivity index (χ0v) is 16.0. The van der Waals surface area contributed by atoms with Crippen molar-refractivity contribution in [3.63, 3.8) is 0 Å². The molecule has 0 saturated carbocycles. The first-order chi connectivity index (χ1) is 13.0. The van der Waals surface area contributed by atoms with E-state index in [-0.39, 0.29) is 11.5 Å². The minimum Gasteiger partial charge on any atom is -0.497 e. The van der Waals surface area contributed by atoms with E-state index in [9.17, 15) is 10.1 Å². The van der Waals surface area contributed by atoms with Gasteiger partial charge in [-0.3, -0.25) is 4.79 Å². The Morgan fingerprint density at radius 1 is 1.19 bits per heavy atom. The Morgan fingerprint density at radius 3 is 2.52 bits per heavy atom. The standard InChI is InChI=1S/C22H25N3O2/c1-16(2)20-6-4-5-7-21(20)25-22(26)18(14-23)15-24-13-12-17-8-10-19(27-3)11-9-17/h4-11,15-16,24H,12-13H2,1-3H3,(H,25,26)/b18-15-. The number of methoxy groups -OCH3 is 1. The van der Waals surface area contributed by atoms with Gasteiger partial charge >= 0.3 is 0 Å². The summed E-state index contributed by atoms with van der Waals surface area (Å²) in [5, 5.41) is 15.2. The van der Waals surface area contributed by atoms with E-state index in [0.717, 1.165) is 29.0 Å². The van der Waals surface area contributed by atoms with E-state index >= 15 is 0 Å². The first-order valence-corrected chi connectivity index (χ1v) is 8.92. The number of carbonyl (C=O) groups excluding carboxylic acids is 1. The van der Waals surface area contributed by atoms with Gasteiger partial charge in [-0.1, -0.05) is 44.2 Å². The number of nitriles is 1. The number of benzene rings is 2. The molecule has 2 aromatic carbocycles. The van der Waals surface area contributed by atoms with Crippen LogP contribution in [-0.4, -0.2) is 19.6 Å². The second-order valence-corrected chi connectivity index (χ2v) is 6.42. The third-order valence-corrected chi connectivity index (χ3v) is 4.16. The summed E-state index contributed by atoms with van der Waals surface area (Å²) in [5.41, 5.74) is 2.96. The molecule has 0 fully saturated rings. The molecule has 0 aliphatic rings. The third kappa shape index (κ3) is 5.89. The summed E-state index contributed by atoms with van der Waals surface area (Å²) in [6.07, 6.45) is 2.24. The fraction of sp³-hybridized carbons (Fsp3) is 0.273. The Bertz CT molecular complexity index is 833. The van der Waals surface area contributed by atoms with Crippen LogP contribution in [0.1, 0.15) is 30.9 Å². The number of para-hydroxylation sites is 1. The number of amides is 1. The largest absolute Gasteiger partial charge is 0.497 e. The van der Waals surface area contributed by atoms with Gasteiger partial charge in [-0.15, -0.1) is 0 Å². The maximum Gasteiger partial charge on any atom is 0.267 e. The van der Waals surface area contributed by atoms with Crippen LogP contribution in [0.4, 0.5) is 5.69 Å². The van der Waals surface area contributed by atoms with Gasteiger partial charge < -0.3 is 15.4 Å². The molecule has 5 nitrogen and oxygen atoms in total. The van der Waals surface area contributed by atoms with Crippen molar-refractivity contribution in [1.82, 2.24) is 5.32 Å². The summed E-state index contributed by atoms with van der Waals surface area (Å²) in [6.45, 7) is 4.74. The Balaban J connectivity index is 1.93. The lowest BCUT2D eigenvalue weighted by atomic mass is 10.0. The molecule has 0 unspecified atom stereocenters. The van der Waals surface area contributed by atoms with Crippen molar-refractivity contribution in [2.75, 3.05) is 19.0 Å². The maximum atomic E-state index is 12.4. The van der Waals surface area contributed by atoms with Crippen LogP contribution < -0.4 is 15.4 Å². The highest BCUT2D eigenvalue weighted by Gasteiger charge is 2.12. The fourth-order valence-corrected chi connectivity index (χ4v) is 2.64. The number of hydrogen-bond donors (Lipinski definition) is 2. The SMILES string of the molecule is COc1ccc(CCN/C=C(/C#N)C(=O)Nc2ccccc2C(C)C)cc1. The molecule has 140 valence electrons. The molecule has 27 heavy (non-hydrogen) atoms. The van der Waals surface area contributed by atoms with E-state index in [1.54, 1.807) is 7.11 Å². The second-order valence-electron chi connectivity index (χ2n) is 6.42. The Labute approximate surface area is 160 Å². The van der Waals surface area contributed by atoms with Gasteiger partial charge in [0.25, 0.3) is 5.91 Å². The quantitative estimate of drug-likeness (QED) is 0.422. The van der Waals surface area contributed by atoms with Crippen LogP contribution in [-0.2, 0) is 11.2 Å². The van der Waals surface area contributed by atoms with Crippen molar-refractivity contribution in [3.05, 3.63) is 71.4 Å². The van der Waals surface area contributed by atoms with Crippen molar-refractivity contribution in [2.24, 2.45) is 0 Å². The molecule has 5 heteroatoms. The minimum absolute atomic E-state index is 0.0447. The average molecular weight is 363 g/mol. The molecule has 0 heterocycles. The van der Waals surface area contributed by atoms with Crippen LogP contribution in [0, 0.1) is 11.3 Å². The van der Waals surface area contributed by atoms with Crippen molar-refractivity contribution < 1.29 is 9.53 Å². The lowest BCUT2D eigenvalue weighted by molar-refractivity contribution is -0.112. The normalized spacial score (nSPS) is 11.0. The summed E-state index contributed by atoms with van der Waals surface area (Å²) in [4.78, 5) is 12.4. The van der Waals surface area contributed by atoms with Gasteiger partial charge in [0.1, 0.15) is 17.4 Å². The highest BCUT2D eigenvalue weighted by molar-refractivity contribution is 6.06. The second kappa shape index (κ2) is 10.0. The molecule has 0 saturated heterocycles. The van der Waals surface area contributed by atoms with Gasteiger partial charge in [-0.25, -0.2) is 0 Å². The molecule has 0 aliphatic carbocycles. The van der Waals surface area contributed by atoms with Crippen molar-refractivity contribution in [1.29, 1.82) is 5.26 Å². The first-order valence-electron chi connectivity index (χ1n) is 8.92. The van der Waals surface area contributed by atoms with Crippen molar-refractivity contribution in [2.45, 2.75) is 26.2 Å². The van der Waals surface area contributed by atoms with Crippen LogP contribution in [0.3, 0.4) is 0 Å². The van der Waals surface area contributed by atoms with Gasteiger partial charge in [-0.05, 0) is 41.7 Å². The average Bonchev–Trinajstić information content (AvgIpc) is 2.68. The molecule has 1 amide bonds. The maximum absolute atomic E-state index is 12.4. The van der Waals surface area contributed by atoms with E-state index in [0.29, 0.717) is 6.54 Å². The summed E-state index contributed by atoms with van der Waals surface area (Å²) < 4.78 is 5.13. The number of rotatable bonds is 8. The highest BCUT2D eigenvalue weighted by atomic mass is 16.5. The van der Waals surface area contributed by atoms with E-state index < -0.39 is 5.91 Å². The lowest BCUT2D eigenvalue weighted by Crippen LogP contribution is -2.18. The fourth-order valence-electron chi connectivity index (χ4n) is 2.64. The Hall–Kier alpha value is -3.26. The molecule has 2 aromatic rings. The minimum atomic E-state index is -0.414. The molecule has 2 N–H and O–H groups in total. The summed E-state index contributed by atoms with van der Waals surface area (Å²) in [5.74, 6) is 0.679. The zero-order chi connectivity index (χ0) is 19.6. The molecule has 0 radical (unpaired) electrons. The molecule has 0 spiro atoms. The van der Waals surface area contributed by atoms with Crippen molar-refractivity contribution >= 4 is 11.6 Å². The van der Waals surface area contributed by atoms with Crippen LogP contribution in [0.5, 0.6) is 5.75 Å². The molecule has 0 aliphatic heterocycles. The van der Waals surface area contributed by atoms with Gasteiger partial charge in [-0.2, -0.15) is 5.26 Å². The molecular weight excluding hydrogens is 338 g/mol. The summed E-state index contributed by atoms with van der Waals surface area (Å²) in [6, 6.07) is 17.4.